The van der Waals surface area contributed by atoms with E-state index in [1.807, 2.05) is 0 Å². The minimum absolute atomic E-state index is 0.0968. The second-order valence-corrected chi connectivity index (χ2v) is 8.83. The summed E-state index contributed by atoms with van der Waals surface area (Å²) in [7, 11) is -3.69. The molecule has 2 atom stereocenters. The lowest BCUT2D eigenvalue weighted by atomic mass is 9.99. The average molecular weight is 424 g/mol. The van der Waals surface area contributed by atoms with Crippen LogP contribution in [0.15, 0.2) is 63.9 Å². The van der Waals surface area contributed by atoms with Crippen molar-refractivity contribution < 1.29 is 17.9 Å². The van der Waals surface area contributed by atoms with E-state index in [1.165, 1.54) is 6.07 Å². The van der Waals surface area contributed by atoms with Crippen molar-refractivity contribution in [2.45, 2.75) is 23.5 Å². The van der Waals surface area contributed by atoms with Crippen LogP contribution in [0.2, 0.25) is 10.0 Å². The van der Waals surface area contributed by atoms with Crippen molar-refractivity contribution in [1.82, 2.24) is 4.72 Å². The molecule has 27 heavy (non-hydrogen) atoms. The standard InChI is InChI=1S/C19H15Cl2NO4S/c20-11-5-7-15(21)14(9-11)17-8-6-12(26-17)10-16-19(23)13-3-1-2-4-18(13)27(24,25)22-16/h1-9,16,19,22-23H,10H2. The lowest BCUT2D eigenvalue weighted by molar-refractivity contribution is 0.129. The van der Waals surface area contributed by atoms with E-state index in [2.05, 4.69) is 4.72 Å². The van der Waals surface area contributed by atoms with Crippen molar-refractivity contribution in [1.29, 1.82) is 0 Å². The smallest absolute Gasteiger partial charge is 0.241 e. The minimum Gasteiger partial charge on any atom is -0.461 e. The highest BCUT2D eigenvalue weighted by molar-refractivity contribution is 7.89. The molecular formula is C19H15Cl2NO4S. The number of furan rings is 1. The van der Waals surface area contributed by atoms with Crippen LogP contribution in [0.1, 0.15) is 17.4 Å². The quantitative estimate of drug-likeness (QED) is 0.661. The zero-order chi connectivity index (χ0) is 19.2. The van der Waals surface area contributed by atoms with Crippen LogP contribution in [0.25, 0.3) is 11.3 Å². The summed E-state index contributed by atoms with van der Waals surface area (Å²) >= 11 is 12.2. The molecule has 0 bridgehead atoms. The first-order chi connectivity index (χ1) is 12.8. The van der Waals surface area contributed by atoms with Gasteiger partial charge < -0.3 is 9.52 Å². The third-order valence-corrected chi connectivity index (χ3v) is 6.62. The summed E-state index contributed by atoms with van der Waals surface area (Å²) < 4.78 is 33.2. The van der Waals surface area contributed by atoms with Crippen LogP contribution < -0.4 is 4.72 Å². The molecule has 1 aromatic heterocycles. The summed E-state index contributed by atoms with van der Waals surface area (Å²) in [5.74, 6) is 1.04. The van der Waals surface area contributed by atoms with Crippen LogP contribution >= 0.6 is 23.2 Å². The van der Waals surface area contributed by atoms with E-state index < -0.39 is 22.2 Å². The van der Waals surface area contributed by atoms with Crippen LogP contribution in [0.5, 0.6) is 0 Å². The molecule has 2 aromatic carbocycles. The van der Waals surface area contributed by atoms with Crippen molar-refractivity contribution in [2.75, 3.05) is 0 Å². The number of aliphatic hydroxyl groups excluding tert-OH is 1. The van der Waals surface area contributed by atoms with Crippen LogP contribution in [0.4, 0.5) is 0 Å². The van der Waals surface area contributed by atoms with Crippen molar-refractivity contribution >= 4 is 33.2 Å². The van der Waals surface area contributed by atoms with Gasteiger partial charge in [-0.2, -0.15) is 0 Å². The SMILES string of the molecule is O=S1(=O)NC(Cc2ccc(-c3cc(Cl)ccc3Cl)o2)C(O)c2ccccc21. The number of fused-ring (bicyclic) bond motifs is 1. The topological polar surface area (TPSA) is 79.5 Å². The summed E-state index contributed by atoms with van der Waals surface area (Å²) in [6.45, 7) is 0. The molecular weight excluding hydrogens is 409 g/mol. The van der Waals surface area contributed by atoms with E-state index in [4.69, 9.17) is 27.6 Å². The van der Waals surface area contributed by atoms with Crippen molar-refractivity contribution in [3.63, 3.8) is 0 Å². The van der Waals surface area contributed by atoms with Gasteiger partial charge in [0.25, 0.3) is 0 Å². The molecule has 0 radical (unpaired) electrons. The Labute approximate surface area is 166 Å². The van der Waals surface area contributed by atoms with E-state index >= 15 is 0 Å². The number of nitrogens with one attached hydrogen (secondary N) is 1. The monoisotopic (exact) mass is 423 g/mol. The van der Waals surface area contributed by atoms with Gasteiger partial charge in [-0.1, -0.05) is 41.4 Å². The van der Waals surface area contributed by atoms with Crippen LogP contribution in [-0.4, -0.2) is 19.6 Å². The molecule has 140 valence electrons. The Hall–Kier alpha value is -1.83. The van der Waals surface area contributed by atoms with Gasteiger partial charge in [0.15, 0.2) is 0 Å². The molecule has 0 aliphatic carbocycles. The predicted octanol–water partition coefficient (Wildman–Crippen LogP) is 4.19. The average Bonchev–Trinajstić information content (AvgIpc) is 3.10. The first-order valence-electron chi connectivity index (χ1n) is 8.18. The van der Waals surface area contributed by atoms with Gasteiger partial charge in [0.1, 0.15) is 11.5 Å². The van der Waals surface area contributed by atoms with Crippen molar-refractivity contribution in [2.24, 2.45) is 0 Å². The van der Waals surface area contributed by atoms with Gasteiger partial charge in [0.05, 0.1) is 22.1 Å². The van der Waals surface area contributed by atoms with E-state index in [0.29, 0.717) is 32.7 Å². The normalized spacial score (nSPS) is 21.0. The first kappa shape index (κ1) is 18.5. The van der Waals surface area contributed by atoms with Crippen LogP contribution in [0, 0.1) is 0 Å². The molecule has 4 rings (SSSR count). The Morgan fingerprint density at radius 2 is 1.85 bits per heavy atom. The fraction of sp³-hybridized carbons (Fsp3) is 0.158. The van der Waals surface area contributed by atoms with Gasteiger partial charge in [-0.25, -0.2) is 13.1 Å². The summed E-state index contributed by atoms with van der Waals surface area (Å²) in [6.07, 6.45) is -0.791. The summed E-state index contributed by atoms with van der Waals surface area (Å²) in [5.41, 5.74) is 1.02. The largest absolute Gasteiger partial charge is 0.461 e. The highest BCUT2D eigenvalue weighted by Crippen LogP contribution is 2.34. The lowest BCUT2D eigenvalue weighted by Crippen LogP contribution is -2.45. The number of rotatable bonds is 3. The Bertz CT molecular complexity index is 1110. The van der Waals surface area contributed by atoms with Gasteiger partial charge in [0, 0.05) is 22.6 Å². The van der Waals surface area contributed by atoms with Gasteiger partial charge in [-0.05, 0) is 36.4 Å². The van der Waals surface area contributed by atoms with Gasteiger partial charge in [-0.3, -0.25) is 0 Å². The maximum Gasteiger partial charge on any atom is 0.241 e. The van der Waals surface area contributed by atoms with Crippen LogP contribution in [0.3, 0.4) is 0 Å². The van der Waals surface area contributed by atoms with E-state index in [0.717, 1.165) is 0 Å². The Balaban J connectivity index is 1.62. The van der Waals surface area contributed by atoms with Gasteiger partial charge >= 0.3 is 0 Å². The fourth-order valence-corrected chi connectivity index (χ4v) is 5.08. The lowest BCUT2D eigenvalue weighted by Gasteiger charge is -2.30. The number of sulfonamides is 1. The first-order valence-corrected chi connectivity index (χ1v) is 10.4. The molecule has 5 nitrogen and oxygen atoms in total. The molecule has 3 aromatic rings. The molecule has 0 fully saturated rings. The number of aliphatic hydroxyl groups is 1. The zero-order valence-electron chi connectivity index (χ0n) is 13.9. The number of halogens is 2. The van der Waals surface area contributed by atoms with Gasteiger partial charge in [-0.15, -0.1) is 0 Å². The highest BCUT2D eigenvalue weighted by atomic mass is 35.5. The molecule has 1 aliphatic heterocycles. The molecule has 0 saturated carbocycles. The molecule has 1 aliphatic rings. The molecule has 2 heterocycles. The predicted molar refractivity (Wildman–Crippen MR) is 103 cm³/mol. The molecule has 0 spiro atoms. The number of benzene rings is 2. The zero-order valence-corrected chi connectivity index (χ0v) is 16.2. The molecule has 8 heteroatoms. The molecule has 2 unspecified atom stereocenters. The minimum atomic E-state index is -3.69. The summed E-state index contributed by atoms with van der Waals surface area (Å²) in [5, 5.41) is 11.6. The summed E-state index contributed by atoms with van der Waals surface area (Å²) in [6, 6.07) is 14.2. The maximum atomic E-state index is 12.4. The van der Waals surface area contributed by atoms with E-state index in [9.17, 15) is 13.5 Å². The maximum absolute atomic E-state index is 12.4. The second kappa shape index (κ2) is 6.96. The van der Waals surface area contributed by atoms with E-state index in [1.54, 1.807) is 48.5 Å². The van der Waals surface area contributed by atoms with Crippen molar-refractivity contribution in [3.05, 3.63) is 76.0 Å². The Morgan fingerprint density at radius 3 is 2.67 bits per heavy atom. The third kappa shape index (κ3) is 3.51. The third-order valence-electron chi connectivity index (χ3n) is 4.49. The molecule has 2 N–H and O–H groups in total. The Kier molecular flexibility index (Phi) is 4.78. The fourth-order valence-electron chi connectivity index (χ4n) is 3.20. The number of hydrogen-bond donors (Lipinski definition) is 2. The van der Waals surface area contributed by atoms with Crippen LogP contribution in [-0.2, 0) is 16.4 Å². The van der Waals surface area contributed by atoms with Gasteiger partial charge in [0.2, 0.25) is 10.0 Å². The van der Waals surface area contributed by atoms with E-state index in [-0.39, 0.29) is 11.3 Å². The Morgan fingerprint density at radius 1 is 1.07 bits per heavy atom. The molecule has 0 amide bonds. The summed E-state index contributed by atoms with van der Waals surface area (Å²) in [4.78, 5) is 0.0968. The second-order valence-electron chi connectivity index (χ2n) is 6.30. The molecule has 0 saturated heterocycles. The number of hydrogen-bond acceptors (Lipinski definition) is 4. The highest BCUT2D eigenvalue weighted by Gasteiger charge is 2.36. The van der Waals surface area contributed by atoms with Crippen molar-refractivity contribution in [3.8, 4) is 11.3 Å².